The summed E-state index contributed by atoms with van der Waals surface area (Å²) in [4.78, 5) is 13.6. The molecule has 0 aliphatic rings. The van der Waals surface area contributed by atoms with Crippen molar-refractivity contribution in [3.05, 3.63) is 114 Å². The molecule has 0 radical (unpaired) electrons. The molecule has 0 saturated heterocycles. The fourth-order valence-corrected chi connectivity index (χ4v) is 4.22. The predicted molar refractivity (Wildman–Crippen MR) is 146 cm³/mol. The smallest absolute Gasteiger partial charge is 0.164 e. The van der Waals surface area contributed by atoms with Crippen LogP contribution >= 0.6 is 11.6 Å². The summed E-state index contributed by atoms with van der Waals surface area (Å²) in [5.74, 6) is -0.592. The third-order valence-corrected chi connectivity index (χ3v) is 5.94. The number of para-hydroxylation sites is 1. The van der Waals surface area contributed by atoms with Gasteiger partial charge >= 0.3 is 0 Å². The number of furan rings is 1. The molecule has 5 aromatic carbocycles. The molecule has 4 nitrogen and oxygen atoms in total. The van der Waals surface area contributed by atoms with Crippen molar-refractivity contribution in [3.8, 4) is 34.2 Å². The standard InChI is InChI=1S/C31H18ClN3O/c32-25-17-16-24(27-23-12-6-7-13-26(23)36-28(25)27)31-34-29(20-9-2-1-3-10-20)33-30(35-31)22-15-14-19-8-4-5-11-21(19)18-22/h1-18H/i1D,2D,3D,6D,7D,9D,10D,12D,13D,16D,17D. The Labute approximate surface area is 227 Å². The molecule has 0 atom stereocenters. The first-order valence-corrected chi connectivity index (χ1v) is 11.1. The molecule has 2 heterocycles. The Morgan fingerprint density at radius 1 is 0.667 bits per heavy atom. The Hall–Kier alpha value is -4.54. The molecule has 2 aromatic heterocycles. The van der Waals surface area contributed by atoms with Crippen LogP contribution in [0, 0.1) is 0 Å². The van der Waals surface area contributed by atoms with E-state index in [2.05, 4.69) is 15.0 Å². The van der Waals surface area contributed by atoms with E-state index in [9.17, 15) is 0 Å². The second-order valence-electron chi connectivity index (χ2n) is 7.82. The maximum Gasteiger partial charge on any atom is 0.164 e. The number of halogens is 1. The van der Waals surface area contributed by atoms with E-state index in [1.165, 1.54) is 0 Å². The van der Waals surface area contributed by atoms with Gasteiger partial charge in [-0.25, -0.2) is 15.0 Å². The van der Waals surface area contributed by atoms with E-state index in [1.54, 1.807) is 12.1 Å². The van der Waals surface area contributed by atoms with Gasteiger partial charge in [-0.2, -0.15) is 0 Å². The van der Waals surface area contributed by atoms with Crippen LogP contribution in [0.3, 0.4) is 0 Å². The molecule has 0 aliphatic carbocycles. The molecular weight excluding hydrogens is 466 g/mol. The minimum atomic E-state index is -0.615. The van der Waals surface area contributed by atoms with Gasteiger partial charge in [-0.05, 0) is 35.0 Å². The first-order chi connectivity index (χ1) is 22.3. The Morgan fingerprint density at radius 3 is 2.25 bits per heavy atom. The number of fused-ring (bicyclic) bond motifs is 4. The number of hydrogen-bond acceptors (Lipinski definition) is 4. The summed E-state index contributed by atoms with van der Waals surface area (Å²) in [7, 11) is 0. The van der Waals surface area contributed by atoms with Gasteiger partial charge in [0.15, 0.2) is 23.1 Å². The Morgan fingerprint density at radius 2 is 1.39 bits per heavy atom. The van der Waals surface area contributed by atoms with Gasteiger partial charge in [0.2, 0.25) is 0 Å². The normalized spacial score (nSPS) is 15.8. The van der Waals surface area contributed by atoms with Crippen molar-refractivity contribution in [2.24, 2.45) is 0 Å². The number of aromatic nitrogens is 3. The molecule has 0 fully saturated rings. The molecule has 5 heteroatoms. The van der Waals surface area contributed by atoms with Gasteiger partial charge in [0.1, 0.15) is 5.58 Å². The van der Waals surface area contributed by atoms with E-state index in [0.29, 0.717) is 5.56 Å². The lowest BCUT2D eigenvalue weighted by Gasteiger charge is -2.10. The number of nitrogens with zero attached hydrogens (tertiary/aromatic N) is 3. The first-order valence-electron chi connectivity index (χ1n) is 16.3. The van der Waals surface area contributed by atoms with Crippen LogP contribution in [0.1, 0.15) is 15.1 Å². The average molecular weight is 495 g/mol. The van der Waals surface area contributed by atoms with E-state index in [4.69, 9.17) is 31.1 Å². The van der Waals surface area contributed by atoms with Crippen molar-refractivity contribution in [2.75, 3.05) is 0 Å². The lowest BCUT2D eigenvalue weighted by Crippen LogP contribution is -2.00. The molecule has 7 aromatic rings. The van der Waals surface area contributed by atoms with E-state index in [0.717, 1.165) is 10.8 Å². The highest BCUT2D eigenvalue weighted by Crippen LogP contribution is 2.39. The van der Waals surface area contributed by atoms with Crippen molar-refractivity contribution >= 4 is 44.3 Å². The van der Waals surface area contributed by atoms with Gasteiger partial charge in [-0.3, -0.25) is 0 Å². The molecule has 0 unspecified atom stereocenters. The van der Waals surface area contributed by atoms with Crippen molar-refractivity contribution in [3.63, 3.8) is 0 Å². The zero-order chi connectivity index (χ0) is 33.6. The fraction of sp³-hybridized carbons (Fsp3) is 0. The van der Waals surface area contributed by atoms with Crippen LogP contribution in [0.4, 0.5) is 0 Å². The van der Waals surface area contributed by atoms with Gasteiger partial charge in [0.25, 0.3) is 0 Å². The number of hydrogen-bond donors (Lipinski definition) is 0. The van der Waals surface area contributed by atoms with Crippen LogP contribution in [-0.2, 0) is 0 Å². The largest absolute Gasteiger partial charge is 0.454 e. The minimum absolute atomic E-state index is 0.00583. The number of benzene rings is 5. The second-order valence-corrected chi connectivity index (χ2v) is 8.20. The summed E-state index contributed by atoms with van der Waals surface area (Å²) < 4.78 is 98.6. The van der Waals surface area contributed by atoms with Crippen molar-refractivity contribution in [1.29, 1.82) is 0 Å². The van der Waals surface area contributed by atoms with Gasteiger partial charge in [0, 0.05) is 27.5 Å². The van der Waals surface area contributed by atoms with Crippen LogP contribution in [0.15, 0.2) is 113 Å². The van der Waals surface area contributed by atoms with Gasteiger partial charge in [-0.15, -0.1) is 0 Å². The van der Waals surface area contributed by atoms with Crippen LogP contribution in [0.5, 0.6) is 0 Å². The molecule has 36 heavy (non-hydrogen) atoms. The topological polar surface area (TPSA) is 51.8 Å². The summed E-state index contributed by atoms with van der Waals surface area (Å²) in [6, 6.07) is 6.77. The van der Waals surface area contributed by atoms with Crippen molar-refractivity contribution < 1.29 is 19.5 Å². The first kappa shape index (κ1) is 12.4. The van der Waals surface area contributed by atoms with E-state index in [-0.39, 0.29) is 55.6 Å². The molecular formula is C31H18ClN3O. The summed E-state index contributed by atoms with van der Waals surface area (Å²) >= 11 is 6.47. The molecule has 0 spiro atoms. The maximum atomic E-state index is 8.96. The van der Waals surface area contributed by atoms with Crippen LogP contribution in [0.2, 0.25) is 5.02 Å². The van der Waals surface area contributed by atoms with Gasteiger partial charge in [0.05, 0.1) is 20.1 Å². The van der Waals surface area contributed by atoms with Crippen LogP contribution in [-0.4, -0.2) is 15.0 Å². The number of rotatable bonds is 3. The summed E-state index contributed by atoms with van der Waals surface area (Å²) in [6.07, 6.45) is 0. The molecule has 0 amide bonds. The molecule has 0 bridgehead atoms. The minimum Gasteiger partial charge on any atom is -0.454 e. The zero-order valence-electron chi connectivity index (χ0n) is 29.2. The van der Waals surface area contributed by atoms with Crippen LogP contribution in [0.25, 0.3) is 66.9 Å². The highest BCUT2D eigenvalue weighted by Gasteiger charge is 2.19. The summed E-state index contributed by atoms with van der Waals surface area (Å²) in [5, 5.41) is 1.27. The van der Waals surface area contributed by atoms with Crippen molar-refractivity contribution in [1.82, 2.24) is 15.0 Å². The maximum absolute atomic E-state index is 8.96. The Balaban J connectivity index is 1.66. The quantitative estimate of drug-likeness (QED) is 0.247. The summed E-state index contributed by atoms with van der Waals surface area (Å²) in [6.45, 7) is 0. The highest BCUT2D eigenvalue weighted by molar-refractivity contribution is 6.36. The Kier molecular flexibility index (Phi) is 2.86. The van der Waals surface area contributed by atoms with E-state index in [1.807, 2.05) is 30.3 Å². The molecule has 0 N–H and O–H groups in total. The molecule has 170 valence electrons. The Bertz CT molecular complexity index is 2490. The van der Waals surface area contributed by atoms with Gasteiger partial charge < -0.3 is 4.42 Å². The third kappa shape index (κ3) is 3.43. The lowest BCUT2D eigenvalue weighted by molar-refractivity contribution is 0.669. The lowest BCUT2D eigenvalue weighted by atomic mass is 10.0. The predicted octanol–water partition coefficient (Wildman–Crippen LogP) is 8.58. The van der Waals surface area contributed by atoms with E-state index >= 15 is 0 Å². The van der Waals surface area contributed by atoms with Crippen molar-refractivity contribution in [2.45, 2.75) is 0 Å². The second kappa shape index (κ2) is 8.29. The van der Waals surface area contributed by atoms with E-state index < -0.39 is 66.5 Å². The third-order valence-electron chi connectivity index (χ3n) is 5.67. The highest BCUT2D eigenvalue weighted by atomic mass is 35.5. The molecule has 7 rings (SSSR count). The van der Waals surface area contributed by atoms with Crippen LogP contribution < -0.4 is 0 Å². The monoisotopic (exact) mass is 494 g/mol. The average Bonchev–Trinajstić information content (AvgIpc) is 3.47. The molecule has 0 saturated carbocycles. The molecule has 0 aliphatic heterocycles. The zero-order valence-corrected chi connectivity index (χ0v) is 18.9. The summed E-state index contributed by atoms with van der Waals surface area (Å²) in [5.41, 5.74) is -0.502. The SMILES string of the molecule is [2H]c1c([2H])c([2H])c(-c2nc(-c3ccc4ccccc4c3)nc(-c3c([2H])c([2H])c(Cl)c4oc5c([2H])c([2H])c([2H])c([2H])c5c34)n2)c([2H])c1[2H]. The fourth-order valence-electron chi connectivity index (χ4n) is 4.04. The van der Waals surface area contributed by atoms with Gasteiger partial charge in [-0.1, -0.05) is 96.3 Å².